The Morgan fingerprint density at radius 3 is 1.26 bits per heavy atom. The van der Waals surface area contributed by atoms with Gasteiger partial charge >= 0.3 is 5.97 Å². The zero-order valence-electron chi connectivity index (χ0n) is 72.6. The van der Waals surface area contributed by atoms with Crippen LogP contribution in [0.2, 0.25) is 10.0 Å². The molecule has 3 heterocycles. The van der Waals surface area contributed by atoms with Crippen LogP contribution in [0, 0.1) is 0 Å². The molecule has 0 saturated carbocycles. The molecule has 10 rings (SSSR count). The van der Waals surface area contributed by atoms with Crippen molar-refractivity contribution in [2.45, 2.75) is 184 Å². The number of benzene rings is 7. The molecule has 0 bridgehead atoms. The molecule has 0 saturated heterocycles. The van der Waals surface area contributed by atoms with E-state index in [1.807, 2.05) is 48.5 Å². The number of halogens is 2. The molecule has 0 spiro atoms. The molecule has 36 heteroatoms. The molecule has 8 aromatic rings. The maximum absolute atomic E-state index is 15.3. The van der Waals surface area contributed by atoms with E-state index in [4.69, 9.17) is 87.9 Å². The van der Waals surface area contributed by atoms with E-state index in [1.165, 1.54) is 37.3 Å². The number of carbonyl (C=O) groups is 9. The first-order chi connectivity index (χ1) is 62.2. The molecule has 23 N–H and O–H groups in total. The second-order valence-corrected chi connectivity index (χ2v) is 33.1. The number of methoxy groups -OCH3 is 2. The van der Waals surface area contributed by atoms with Crippen molar-refractivity contribution >= 4 is 165 Å². The number of hydrogen-bond acceptors (Lipinski definition) is 23. The quantitative estimate of drug-likeness (QED) is 0.00957. The van der Waals surface area contributed by atoms with Gasteiger partial charge in [-0.1, -0.05) is 29.3 Å². The molecular weight excluding hydrogens is 1710 g/mol. The summed E-state index contributed by atoms with van der Waals surface area (Å²) in [5.41, 5.74) is 35.5. The predicted molar refractivity (Wildman–Crippen MR) is 508 cm³/mol. The Labute approximate surface area is 762 Å². The maximum Gasteiger partial charge on any atom is 0.336 e. The number of aromatic carboxylic acids is 1. The lowest BCUT2D eigenvalue weighted by molar-refractivity contribution is -0.136. The number of unbranched alkanes of at least 4 members (excludes halogenated alkanes) is 7. The highest BCUT2D eigenvalue weighted by Gasteiger charge is 2.35. The molecule has 2 aromatic heterocycles. The summed E-state index contributed by atoms with van der Waals surface area (Å²) in [4.78, 5) is 151. The zero-order chi connectivity index (χ0) is 92.6. The SMILES string of the molecule is COc1ccc2nc3cc(Cl)ccc3c(NCCCCC(NC(=O)C(CCCCN)NC(=O)C(CCCCN)NC(=O)C(CCCCNC(=S)Nc3ccc(-c4c5ccc(=O)cc-5oc5cc(O)ccc45)c(C(=O)O)c3)NC(=O)C(CCCCN)NC(=O)C(CCCCN)NC(=O)C(CCCCNc3c4ccc(Cl)cc4nc4ccc(OC)cc34)NC(C)=O)C(N)=O)c2c1. The van der Waals surface area contributed by atoms with Crippen molar-refractivity contribution < 1.29 is 67.3 Å². The first kappa shape index (κ1) is 98.9. The number of thiocarbonyl (C=S) groups is 1. The Balaban J connectivity index is 0.849. The fraction of sp³-hybridized carbons (Fsp3) is 0.409. The van der Waals surface area contributed by atoms with Gasteiger partial charge in [0.25, 0.3) is 0 Å². The van der Waals surface area contributed by atoms with Crippen LogP contribution in [0.25, 0.3) is 77.0 Å². The molecule has 7 unspecified atom stereocenters. The number of primary amides is 1. The maximum atomic E-state index is 15.3. The van der Waals surface area contributed by atoms with Gasteiger partial charge in [-0.2, -0.15) is 0 Å². The first-order valence-electron chi connectivity index (χ1n) is 43.6. The molecule has 2 aliphatic rings. The minimum absolute atomic E-state index is 0.0102. The molecule has 688 valence electrons. The molecule has 6 aromatic carbocycles. The number of nitrogens with one attached hydrogen (secondary N) is 11. The molecule has 0 radical (unpaired) electrons. The third-order valence-corrected chi connectivity index (χ3v) is 23.0. The Morgan fingerprint density at radius 2 is 0.845 bits per heavy atom. The van der Waals surface area contributed by atoms with Crippen molar-refractivity contribution in [3.8, 4) is 39.7 Å². The smallest absolute Gasteiger partial charge is 0.336 e. The van der Waals surface area contributed by atoms with E-state index in [9.17, 15) is 48.6 Å². The highest BCUT2D eigenvalue weighted by atomic mass is 35.5. The van der Waals surface area contributed by atoms with E-state index in [0.717, 1.165) is 32.9 Å². The number of nitrogens with two attached hydrogens (primary N) is 5. The molecule has 129 heavy (non-hydrogen) atoms. The highest BCUT2D eigenvalue weighted by Crippen LogP contribution is 2.43. The van der Waals surface area contributed by atoms with Crippen molar-refractivity contribution in [2.75, 3.05) is 76.0 Å². The second-order valence-electron chi connectivity index (χ2n) is 31.8. The highest BCUT2D eigenvalue weighted by molar-refractivity contribution is 7.80. The fourth-order valence-electron chi connectivity index (χ4n) is 15.6. The lowest BCUT2D eigenvalue weighted by Crippen LogP contribution is -2.60. The summed E-state index contributed by atoms with van der Waals surface area (Å²) in [6.45, 7) is 3.31. The summed E-state index contributed by atoms with van der Waals surface area (Å²) in [6, 6.07) is 26.3. The summed E-state index contributed by atoms with van der Waals surface area (Å²) >= 11 is 18.5. The number of nitrogens with zero attached hydrogens (tertiary/aromatic N) is 2. The van der Waals surface area contributed by atoms with E-state index >= 15 is 9.59 Å². The third-order valence-electron chi connectivity index (χ3n) is 22.3. The van der Waals surface area contributed by atoms with Gasteiger partial charge in [0.05, 0.1) is 53.2 Å². The Morgan fingerprint density at radius 1 is 0.442 bits per heavy atom. The Bertz CT molecular complexity index is 5670. The lowest BCUT2D eigenvalue weighted by Gasteiger charge is -2.28. The molecule has 1 aliphatic carbocycles. The number of anilines is 3. The monoisotopic (exact) mass is 1830 g/mol. The van der Waals surface area contributed by atoms with Gasteiger partial charge in [0.2, 0.25) is 47.3 Å². The van der Waals surface area contributed by atoms with Crippen LogP contribution in [0.15, 0.2) is 137 Å². The van der Waals surface area contributed by atoms with E-state index < -0.39 is 95.5 Å². The van der Waals surface area contributed by atoms with Crippen molar-refractivity contribution in [1.82, 2.24) is 52.5 Å². The standard InChI is InChI=1S/C93H116Cl2N18O15S/c1-53(114)104-72(23-9-16-44-102-84-63-33-26-55(95)47-79(63)107-70-38-31-60(127-3)52-68(70)84)86(118)109-74(20-5-12-40-97)88(120)111-76(22-7-14-42-99)90(122)113-77(24-10-17-45-103-93(129)105-56-27-34-61(66(48-56)92(124)125)82-64-35-28-57(115)49-80(64)128-81-50-58(116)29-36-65(81)82)91(123)112-75(21-6-13-41-98)89(121)110-73(19-4-11-39-96)87(119)108-71(85(100)117)18-8-15-43-101-83-62-32-25-54(94)46-78(62)106-69-37-30-59(126-2)51-67(69)83/h25-38,46-52,71-77,115H,4-24,39-45,96-99H2,1-3H3,(H2,100,117)(H,101,106)(H,102,107)(H,104,114)(H,108,119)(H,109,118)(H,110,121)(H,111,120)(H,112,123)(H,113,122)(H,124,125)(H2,103,105,129). The predicted octanol–water partition coefficient (Wildman–Crippen LogP) is 10.1. The van der Waals surface area contributed by atoms with Crippen molar-refractivity contribution in [1.29, 1.82) is 0 Å². The number of amides is 8. The number of carbonyl (C=O) groups excluding carboxylic acids is 8. The van der Waals surface area contributed by atoms with Gasteiger partial charge < -0.3 is 111 Å². The number of pyridine rings is 2. The summed E-state index contributed by atoms with van der Waals surface area (Å²) < 4.78 is 17.1. The minimum atomic E-state index is -1.42. The summed E-state index contributed by atoms with van der Waals surface area (Å²) in [7, 11) is 3.16. The number of rotatable bonds is 52. The molecule has 8 amide bonds. The number of carboxylic acids is 1. The average molecular weight is 1830 g/mol. The van der Waals surface area contributed by atoms with Gasteiger partial charge in [-0.15, -0.1) is 0 Å². The fourth-order valence-corrected chi connectivity index (χ4v) is 16.1. The van der Waals surface area contributed by atoms with Gasteiger partial charge in [-0.25, -0.2) is 14.8 Å². The number of phenols is 1. The van der Waals surface area contributed by atoms with E-state index in [1.54, 1.807) is 62.8 Å². The average Bonchev–Trinajstić information content (AvgIpc) is 0.729. The van der Waals surface area contributed by atoms with Crippen molar-refractivity contribution in [3.05, 3.63) is 153 Å². The van der Waals surface area contributed by atoms with Crippen LogP contribution >= 0.6 is 35.4 Å². The molecule has 7 atom stereocenters. The van der Waals surface area contributed by atoms with Crippen LogP contribution in [0.4, 0.5) is 17.1 Å². The number of aromatic hydroxyl groups is 1. The first-order valence-corrected chi connectivity index (χ1v) is 44.8. The normalized spacial score (nSPS) is 13.0. The topological polar surface area (TPSA) is 531 Å². The van der Waals surface area contributed by atoms with Gasteiger partial charge in [-0.05, 0) is 288 Å². The van der Waals surface area contributed by atoms with Crippen LogP contribution in [0.3, 0.4) is 0 Å². The van der Waals surface area contributed by atoms with Gasteiger partial charge in [0.15, 0.2) is 10.5 Å². The molecular formula is C93H116Cl2N18O15S. The lowest BCUT2D eigenvalue weighted by atomic mass is 9.90. The number of carboxylic acid groups (broad SMARTS) is 1. The minimum Gasteiger partial charge on any atom is -0.508 e. The second kappa shape index (κ2) is 49.3. The van der Waals surface area contributed by atoms with Gasteiger partial charge in [0.1, 0.15) is 70.9 Å². The van der Waals surface area contributed by atoms with Crippen LogP contribution in [0.5, 0.6) is 17.2 Å². The summed E-state index contributed by atoms with van der Waals surface area (Å²) in [6.07, 6.45) is 5.95. The zero-order valence-corrected chi connectivity index (χ0v) is 74.9. The number of ether oxygens (including phenoxy) is 2. The van der Waals surface area contributed by atoms with Crippen LogP contribution in [0.1, 0.15) is 152 Å². The number of hydrogen-bond donors (Lipinski definition) is 18. The van der Waals surface area contributed by atoms with Gasteiger partial charge in [-0.3, -0.25) is 43.2 Å². The number of fused-ring (bicyclic) bond motifs is 6. The van der Waals surface area contributed by atoms with E-state index in [2.05, 4.69) is 58.5 Å². The summed E-state index contributed by atoms with van der Waals surface area (Å²) in [5, 5.41) is 59.0. The molecule has 33 nitrogen and oxygen atoms in total. The largest absolute Gasteiger partial charge is 0.508 e. The third kappa shape index (κ3) is 28.1. The van der Waals surface area contributed by atoms with Crippen LogP contribution < -0.4 is 102 Å². The Kier molecular flexibility index (Phi) is 37.8. The number of phenolic OH excluding ortho intramolecular Hbond substituents is 1. The molecule has 0 fully saturated rings. The number of aromatic nitrogens is 2. The van der Waals surface area contributed by atoms with Crippen molar-refractivity contribution in [2.24, 2.45) is 28.7 Å². The van der Waals surface area contributed by atoms with Gasteiger partial charge in [0, 0.05) is 92.5 Å². The van der Waals surface area contributed by atoms with Crippen molar-refractivity contribution in [3.63, 3.8) is 0 Å². The van der Waals surface area contributed by atoms with E-state index in [-0.39, 0.29) is 123 Å². The molecule has 1 aliphatic heterocycles. The van der Waals surface area contributed by atoms with E-state index in [0.29, 0.717) is 162 Å². The Hall–Kier alpha value is -12.3. The van der Waals surface area contributed by atoms with Crippen LogP contribution in [-0.4, -0.2) is 181 Å². The van der Waals surface area contributed by atoms with Crippen LogP contribution in [-0.2, 0) is 38.4 Å². The summed E-state index contributed by atoms with van der Waals surface area (Å²) in [5.74, 6) is -5.75.